The average molecular weight is 212 g/mol. The first-order valence-corrected chi connectivity index (χ1v) is 6.24. The summed E-state index contributed by atoms with van der Waals surface area (Å²) in [6.45, 7) is 5.51. The second kappa shape index (κ2) is 7.89. The van der Waals surface area contributed by atoms with Crippen molar-refractivity contribution in [3.05, 3.63) is 11.6 Å². The Balaban J connectivity index is 1.88. The van der Waals surface area contributed by atoms with Gasteiger partial charge in [0.15, 0.2) is 6.29 Å². The molecule has 0 N–H and O–H groups in total. The van der Waals surface area contributed by atoms with Crippen LogP contribution in [-0.4, -0.2) is 19.5 Å². The van der Waals surface area contributed by atoms with Crippen LogP contribution in [0, 0.1) is 0 Å². The number of hydrogen-bond acceptors (Lipinski definition) is 2. The minimum atomic E-state index is -0.0410. The smallest absolute Gasteiger partial charge is 0.154 e. The SMILES string of the molecule is CCOC(C)OCCCCC1=CCCC1. The third-order valence-electron chi connectivity index (χ3n) is 2.78. The van der Waals surface area contributed by atoms with Crippen molar-refractivity contribution in [1.29, 1.82) is 0 Å². The molecular weight excluding hydrogens is 188 g/mol. The molecule has 1 atom stereocenters. The Kier molecular flexibility index (Phi) is 6.69. The third-order valence-corrected chi connectivity index (χ3v) is 2.78. The van der Waals surface area contributed by atoms with Gasteiger partial charge in [-0.25, -0.2) is 0 Å². The van der Waals surface area contributed by atoms with E-state index in [4.69, 9.17) is 9.47 Å². The van der Waals surface area contributed by atoms with E-state index in [0.717, 1.165) is 19.6 Å². The zero-order valence-electron chi connectivity index (χ0n) is 10.1. The van der Waals surface area contributed by atoms with E-state index in [2.05, 4.69) is 6.08 Å². The van der Waals surface area contributed by atoms with Gasteiger partial charge in [-0.1, -0.05) is 11.6 Å². The van der Waals surface area contributed by atoms with Crippen molar-refractivity contribution in [3.8, 4) is 0 Å². The van der Waals surface area contributed by atoms with E-state index in [0.29, 0.717) is 0 Å². The number of ether oxygens (including phenoxy) is 2. The van der Waals surface area contributed by atoms with Gasteiger partial charge in [0.1, 0.15) is 0 Å². The lowest BCUT2D eigenvalue weighted by Crippen LogP contribution is -2.13. The molecule has 0 aromatic carbocycles. The Morgan fingerprint density at radius 3 is 2.87 bits per heavy atom. The molecular formula is C13H24O2. The summed E-state index contributed by atoms with van der Waals surface area (Å²) in [6, 6.07) is 0. The number of allylic oxidation sites excluding steroid dienone is 2. The van der Waals surface area contributed by atoms with Crippen molar-refractivity contribution in [2.45, 2.75) is 58.7 Å². The Bertz CT molecular complexity index is 187. The standard InChI is InChI=1S/C13H24O2/c1-3-14-12(2)15-11-7-6-10-13-8-4-5-9-13/h8,12H,3-7,9-11H2,1-2H3. The van der Waals surface area contributed by atoms with E-state index in [9.17, 15) is 0 Å². The Hall–Kier alpha value is -0.340. The molecule has 0 radical (unpaired) electrons. The molecule has 1 aliphatic carbocycles. The lowest BCUT2D eigenvalue weighted by Gasteiger charge is -2.12. The van der Waals surface area contributed by atoms with Crippen molar-refractivity contribution in [2.24, 2.45) is 0 Å². The highest BCUT2D eigenvalue weighted by Gasteiger charge is 2.04. The Labute approximate surface area is 93.7 Å². The molecule has 0 aromatic heterocycles. The first-order chi connectivity index (χ1) is 7.33. The zero-order valence-corrected chi connectivity index (χ0v) is 10.1. The summed E-state index contributed by atoms with van der Waals surface area (Å²) >= 11 is 0. The van der Waals surface area contributed by atoms with Crippen LogP contribution in [0.25, 0.3) is 0 Å². The van der Waals surface area contributed by atoms with Gasteiger partial charge < -0.3 is 9.47 Å². The minimum Gasteiger partial charge on any atom is -0.353 e. The third kappa shape index (κ3) is 5.95. The van der Waals surface area contributed by atoms with E-state index in [1.54, 1.807) is 5.57 Å². The molecule has 0 aliphatic heterocycles. The monoisotopic (exact) mass is 212 g/mol. The molecule has 0 saturated carbocycles. The lowest BCUT2D eigenvalue weighted by molar-refractivity contribution is -0.127. The molecule has 0 fully saturated rings. The van der Waals surface area contributed by atoms with Gasteiger partial charge in [-0.15, -0.1) is 0 Å². The fourth-order valence-electron chi connectivity index (χ4n) is 1.95. The maximum atomic E-state index is 5.51. The highest BCUT2D eigenvalue weighted by Crippen LogP contribution is 2.22. The van der Waals surface area contributed by atoms with E-state index in [-0.39, 0.29) is 6.29 Å². The summed E-state index contributed by atoms with van der Waals surface area (Å²) in [5, 5.41) is 0. The van der Waals surface area contributed by atoms with Gasteiger partial charge in [-0.3, -0.25) is 0 Å². The summed E-state index contributed by atoms with van der Waals surface area (Å²) in [4.78, 5) is 0. The molecule has 1 aliphatic rings. The van der Waals surface area contributed by atoms with Crippen LogP contribution in [0.4, 0.5) is 0 Å². The van der Waals surface area contributed by atoms with Crippen molar-refractivity contribution >= 4 is 0 Å². The van der Waals surface area contributed by atoms with Crippen molar-refractivity contribution < 1.29 is 9.47 Å². The molecule has 0 saturated heterocycles. The Morgan fingerprint density at radius 1 is 1.33 bits per heavy atom. The van der Waals surface area contributed by atoms with E-state index in [1.807, 2.05) is 13.8 Å². The number of unbranched alkanes of at least 4 members (excludes halogenated alkanes) is 1. The highest BCUT2D eigenvalue weighted by atomic mass is 16.7. The van der Waals surface area contributed by atoms with Crippen LogP contribution < -0.4 is 0 Å². The summed E-state index contributed by atoms with van der Waals surface area (Å²) in [6.07, 6.45) is 10.0. The molecule has 1 unspecified atom stereocenters. The average Bonchev–Trinajstić information content (AvgIpc) is 2.70. The first-order valence-electron chi connectivity index (χ1n) is 6.24. The lowest BCUT2D eigenvalue weighted by atomic mass is 10.1. The maximum Gasteiger partial charge on any atom is 0.154 e. The molecule has 2 nitrogen and oxygen atoms in total. The Morgan fingerprint density at radius 2 is 2.20 bits per heavy atom. The van der Waals surface area contributed by atoms with Gasteiger partial charge in [0.2, 0.25) is 0 Å². The summed E-state index contributed by atoms with van der Waals surface area (Å²) < 4.78 is 10.8. The second-order valence-corrected chi connectivity index (χ2v) is 4.11. The number of hydrogen-bond donors (Lipinski definition) is 0. The fraction of sp³-hybridized carbons (Fsp3) is 0.846. The highest BCUT2D eigenvalue weighted by molar-refractivity contribution is 5.06. The predicted molar refractivity (Wildman–Crippen MR) is 62.8 cm³/mol. The van der Waals surface area contributed by atoms with Gasteiger partial charge in [0.25, 0.3) is 0 Å². The van der Waals surface area contributed by atoms with Crippen molar-refractivity contribution in [2.75, 3.05) is 13.2 Å². The molecule has 0 heterocycles. The molecule has 88 valence electrons. The van der Waals surface area contributed by atoms with E-state index in [1.165, 1.54) is 32.1 Å². The van der Waals surface area contributed by atoms with Gasteiger partial charge in [-0.2, -0.15) is 0 Å². The van der Waals surface area contributed by atoms with Gasteiger partial charge >= 0.3 is 0 Å². The topological polar surface area (TPSA) is 18.5 Å². The van der Waals surface area contributed by atoms with Crippen LogP contribution in [0.5, 0.6) is 0 Å². The molecule has 15 heavy (non-hydrogen) atoms. The minimum absolute atomic E-state index is 0.0410. The van der Waals surface area contributed by atoms with E-state index >= 15 is 0 Å². The van der Waals surface area contributed by atoms with Crippen molar-refractivity contribution in [1.82, 2.24) is 0 Å². The second-order valence-electron chi connectivity index (χ2n) is 4.11. The van der Waals surface area contributed by atoms with Crippen molar-refractivity contribution in [3.63, 3.8) is 0 Å². The zero-order chi connectivity index (χ0) is 10.9. The fourth-order valence-corrected chi connectivity index (χ4v) is 1.95. The van der Waals surface area contributed by atoms with Gasteiger partial charge in [0.05, 0.1) is 0 Å². The van der Waals surface area contributed by atoms with E-state index < -0.39 is 0 Å². The van der Waals surface area contributed by atoms with Crippen LogP contribution in [0.15, 0.2) is 11.6 Å². The van der Waals surface area contributed by atoms with Crippen LogP contribution >= 0.6 is 0 Å². The molecule has 1 rings (SSSR count). The quantitative estimate of drug-likeness (QED) is 0.347. The largest absolute Gasteiger partial charge is 0.353 e. The van der Waals surface area contributed by atoms with Crippen LogP contribution in [0.3, 0.4) is 0 Å². The van der Waals surface area contributed by atoms with Gasteiger partial charge in [0, 0.05) is 13.2 Å². The van der Waals surface area contributed by atoms with Crippen LogP contribution in [-0.2, 0) is 9.47 Å². The predicted octanol–water partition coefficient (Wildman–Crippen LogP) is 3.67. The van der Waals surface area contributed by atoms with Crippen LogP contribution in [0.2, 0.25) is 0 Å². The number of rotatable bonds is 8. The summed E-state index contributed by atoms with van der Waals surface area (Å²) in [5.74, 6) is 0. The molecule has 0 amide bonds. The molecule has 0 spiro atoms. The summed E-state index contributed by atoms with van der Waals surface area (Å²) in [5.41, 5.74) is 1.66. The molecule has 2 heteroatoms. The maximum absolute atomic E-state index is 5.51. The van der Waals surface area contributed by atoms with Gasteiger partial charge in [-0.05, 0) is 52.4 Å². The molecule has 0 bridgehead atoms. The normalized spacial score (nSPS) is 17.9. The first kappa shape index (κ1) is 12.7. The molecule has 0 aromatic rings. The summed E-state index contributed by atoms with van der Waals surface area (Å²) in [7, 11) is 0. The van der Waals surface area contributed by atoms with Crippen LogP contribution in [0.1, 0.15) is 52.4 Å².